The lowest BCUT2D eigenvalue weighted by molar-refractivity contribution is 0.411. The fourth-order valence-electron chi connectivity index (χ4n) is 7.55. The summed E-state index contributed by atoms with van der Waals surface area (Å²) in [7, 11) is 0. The molecule has 0 spiro atoms. The van der Waals surface area contributed by atoms with E-state index in [1.807, 2.05) is 60.7 Å². The number of benzene rings is 6. The first-order valence-electron chi connectivity index (χ1n) is 18.5. The second-order valence-corrected chi connectivity index (χ2v) is 16.8. The number of hydrogen-bond donors (Lipinski definition) is 0. The molecule has 0 fully saturated rings. The maximum absolute atomic E-state index is 9.82. The molecule has 0 atom stereocenters. The van der Waals surface area contributed by atoms with Gasteiger partial charge in [-0.1, -0.05) is 77.9 Å². The first kappa shape index (κ1) is 35.3. The van der Waals surface area contributed by atoms with Crippen molar-refractivity contribution in [2.45, 2.75) is 54.4 Å². The molecule has 0 aliphatic carbocycles. The van der Waals surface area contributed by atoms with Crippen molar-refractivity contribution in [1.82, 2.24) is 19.9 Å². The van der Waals surface area contributed by atoms with Crippen molar-refractivity contribution in [2.75, 3.05) is 0 Å². The quantitative estimate of drug-likeness (QED) is 0.168. The number of ether oxygens (including phenoxy) is 1. The predicted octanol–water partition coefficient (Wildman–Crippen LogP) is 11.9. The minimum atomic E-state index is 0.138. The molecule has 6 aromatic carbocycles. The van der Waals surface area contributed by atoms with Crippen LogP contribution in [0.25, 0.3) is 65.9 Å². The average molecular weight is 717 g/mol. The van der Waals surface area contributed by atoms with Crippen LogP contribution in [0.3, 0.4) is 0 Å². The van der Waals surface area contributed by atoms with Gasteiger partial charge in [-0.25, -0.2) is 19.9 Å². The van der Waals surface area contributed by atoms with Crippen LogP contribution >= 0.6 is 0 Å². The highest BCUT2D eigenvalue weighted by Gasteiger charge is 2.19. The minimum Gasteiger partial charge on any atom is -0.457 e. The smallest absolute Gasteiger partial charge is 0.128 e. The van der Waals surface area contributed by atoms with Gasteiger partial charge in [0.25, 0.3) is 0 Å². The van der Waals surface area contributed by atoms with Crippen LogP contribution in [0.1, 0.15) is 63.8 Å². The summed E-state index contributed by atoms with van der Waals surface area (Å²) in [6, 6.07) is 36.7. The lowest BCUT2D eigenvalue weighted by atomic mass is 9.87. The molecule has 7 nitrogen and oxygen atoms in total. The Morgan fingerprint density at radius 1 is 0.491 bits per heavy atom. The van der Waals surface area contributed by atoms with Gasteiger partial charge in [-0.2, -0.15) is 10.5 Å². The fourth-order valence-corrected chi connectivity index (χ4v) is 7.55. The van der Waals surface area contributed by atoms with Crippen LogP contribution in [0.4, 0.5) is 0 Å². The van der Waals surface area contributed by atoms with Crippen LogP contribution in [0.15, 0.2) is 110 Å². The van der Waals surface area contributed by atoms with Gasteiger partial charge in [0, 0.05) is 21.9 Å². The zero-order chi connectivity index (χ0) is 38.5. The number of hydrogen-bond acceptors (Lipinski definition) is 7. The van der Waals surface area contributed by atoms with Gasteiger partial charge in [0.05, 0.1) is 45.7 Å². The Bertz CT molecular complexity index is 2700. The van der Waals surface area contributed by atoms with E-state index in [1.165, 1.54) is 11.1 Å². The van der Waals surface area contributed by atoms with Gasteiger partial charge in [-0.05, 0) is 117 Å². The number of nitriles is 2. The Kier molecular flexibility index (Phi) is 8.75. The highest BCUT2D eigenvalue weighted by atomic mass is 16.5. The van der Waals surface area contributed by atoms with Crippen LogP contribution in [0, 0.1) is 33.5 Å². The van der Waals surface area contributed by atoms with Crippen molar-refractivity contribution in [2.24, 2.45) is 10.8 Å². The van der Waals surface area contributed by atoms with E-state index in [0.29, 0.717) is 22.6 Å². The summed E-state index contributed by atoms with van der Waals surface area (Å²) in [4.78, 5) is 18.9. The number of fused-ring (bicyclic) bond motifs is 4. The van der Waals surface area contributed by atoms with Gasteiger partial charge < -0.3 is 4.74 Å². The van der Waals surface area contributed by atoms with E-state index < -0.39 is 0 Å². The minimum absolute atomic E-state index is 0.138. The molecular weight excluding hydrogens is 677 g/mol. The van der Waals surface area contributed by atoms with Crippen molar-refractivity contribution < 1.29 is 4.74 Å². The first-order valence-corrected chi connectivity index (χ1v) is 18.5. The number of aromatic nitrogens is 4. The van der Waals surface area contributed by atoms with Gasteiger partial charge in [0.15, 0.2) is 0 Å². The van der Waals surface area contributed by atoms with Crippen molar-refractivity contribution >= 4 is 43.4 Å². The third-order valence-electron chi connectivity index (χ3n) is 9.73. The molecule has 0 bridgehead atoms. The van der Waals surface area contributed by atoms with E-state index in [-0.39, 0.29) is 10.8 Å². The van der Waals surface area contributed by atoms with Crippen LogP contribution in [0.2, 0.25) is 0 Å². The lowest BCUT2D eigenvalue weighted by Crippen LogP contribution is -2.09. The van der Waals surface area contributed by atoms with E-state index in [1.54, 1.807) is 12.7 Å². The Morgan fingerprint density at radius 2 is 0.909 bits per heavy atom. The molecule has 2 aromatic heterocycles. The SMILES string of the molecule is CC(C)(C)Cc1ccc2c(-c3cc(Oc4cc(-c5ncnc6cc(CC(C)(C)C)ccc56)c5ccc(C#N)cc5c4)cc4cc(C#N)ccc34)ncnc2c1. The van der Waals surface area contributed by atoms with E-state index in [9.17, 15) is 10.5 Å². The molecule has 8 aromatic rings. The van der Waals surface area contributed by atoms with Crippen LogP contribution in [-0.2, 0) is 12.8 Å². The largest absolute Gasteiger partial charge is 0.457 e. The third-order valence-corrected chi connectivity index (χ3v) is 9.73. The summed E-state index contributed by atoms with van der Waals surface area (Å²) < 4.78 is 6.79. The number of rotatable bonds is 6. The highest BCUT2D eigenvalue weighted by Crippen LogP contribution is 2.41. The summed E-state index contributed by atoms with van der Waals surface area (Å²) in [6.45, 7) is 13.4. The summed E-state index contributed by atoms with van der Waals surface area (Å²) in [5, 5.41) is 25.1. The van der Waals surface area contributed by atoms with Crippen LogP contribution < -0.4 is 4.74 Å². The average Bonchev–Trinajstić information content (AvgIpc) is 3.14. The second kappa shape index (κ2) is 13.6. The van der Waals surface area contributed by atoms with Gasteiger partial charge in [-0.3, -0.25) is 0 Å². The zero-order valence-corrected chi connectivity index (χ0v) is 31.9. The molecule has 2 heterocycles. The van der Waals surface area contributed by atoms with Crippen molar-refractivity contribution in [1.29, 1.82) is 10.5 Å². The van der Waals surface area contributed by atoms with Gasteiger partial charge >= 0.3 is 0 Å². The topological polar surface area (TPSA) is 108 Å². The molecule has 0 unspecified atom stereocenters. The zero-order valence-electron chi connectivity index (χ0n) is 31.9. The molecule has 8 rings (SSSR count). The molecular formula is C48H40N6O. The second-order valence-electron chi connectivity index (χ2n) is 16.8. The van der Waals surface area contributed by atoms with Crippen molar-refractivity contribution in [3.05, 3.63) is 132 Å². The molecule has 268 valence electrons. The molecule has 0 radical (unpaired) electrons. The molecule has 0 saturated heterocycles. The van der Waals surface area contributed by atoms with E-state index in [4.69, 9.17) is 14.7 Å². The Labute approximate surface area is 320 Å². The molecule has 0 saturated carbocycles. The highest BCUT2D eigenvalue weighted by molar-refractivity contribution is 6.06. The molecule has 0 aliphatic rings. The third kappa shape index (κ3) is 7.30. The fraction of sp³-hybridized carbons (Fsp3) is 0.208. The molecule has 0 N–H and O–H groups in total. The molecule has 0 amide bonds. The summed E-state index contributed by atoms with van der Waals surface area (Å²) in [5.41, 5.74) is 8.86. The predicted molar refractivity (Wildman–Crippen MR) is 221 cm³/mol. The van der Waals surface area contributed by atoms with Crippen molar-refractivity contribution in [3.63, 3.8) is 0 Å². The summed E-state index contributed by atoms with van der Waals surface area (Å²) in [6.07, 6.45) is 5.08. The van der Waals surface area contributed by atoms with E-state index in [0.717, 1.165) is 78.7 Å². The maximum Gasteiger partial charge on any atom is 0.128 e. The molecule has 55 heavy (non-hydrogen) atoms. The Hall–Kier alpha value is -6.70. The van der Waals surface area contributed by atoms with E-state index in [2.05, 4.69) is 100 Å². The summed E-state index contributed by atoms with van der Waals surface area (Å²) in [5.74, 6) is 1.16. The summed E-state index contributed by atoms with van der Waals surface area (Å²) >= 11 is 0. The maximum atomic E-state index is 9.82. The van der Waals surface area contributed by atoms with Gasteiger partial charge in [-0.15, -0.1) is 0 Å². The lowest BCUT2D eigenvalue weighted by Gasteiger charge is -2.19. The monoisotopic (exact) mass is 716 g/mol. The Morgan fingerprint density at radius 3 is 1.31 bits per heavy atom. The number of nitrogens with zero attached hydrogens (tertiary/aromatic N) is 6. The Balaban J connectivity index is 1.29. The first-order chi connectivity index (χ1) is 26.3. The van der Waals surface area contributed by atoms with Crippen molar-refractivity contribution in [3.8, 4) is 46.2 Å². The molecule has 7 heteroatoms. The van der Waals surface area contributed by atoms with Crippen LogP contribution in [0.5, 0.6) is 11.5 Å². The van der Waals surface area contributed by atoms with Gasteiger partial charge in [0.2, 0.25) is 0 Å². The van der Waals surface area contributed by atoms with Crippen LogP contribution in [-0.4, -0.2) is 19.9 Å². The van der Waals surface area contributed by atoms with E-state index >= 15 is 0 Å². The van der Waals surface area contributed by atoms with Gasteiger partial charge in [0.1, 0.15) is 24.2 Å². The normalized spacial score (nSPS) is 11.9. The molecule has 0 aliphatic heterocycles. The standard InChI is InChI=1S/C48H40N6O/c1-47(2,3)23-29-7-13-39-43(17-29)51-27-53-45(39)41-21-35(19-33-15-31(25-49)9-11-37(33)41)55-36-20-34-16-32(26-50)10-12-38(34)42(22-36)46-40-14-8-30(24-48(4,5)6)18-44(40)52-28-54-46/h7-22,27-28H,23-24H2,1-6H3.